The number of nitrogens with one attached hydrogen (secondary N) is 1. The normalized spacial score (nSPS) is 14.8. The van der Waals surface area contributed by atoms with Crippen LogP contribution in [0.3, 0.4) is 0 Å². The number of anilines is 3. The molecule has 1 fully saturated rings. The minimum Gasteiger partial charge on any atom is -0.494 e. The standard InChI is InChI=1S/C15H20N6O/c1-22-14-10-17-15(18-11-14)21-8-6-20(7-9-21)13-4-2-12(19-16)3-5-13/h2-5,10-11,19H,6-9,16H2,1H3. The SMILES string of the molecule is COc1cnc(N2CCN(c3ccc(NN)cc3)CC2)nc1. The van der Waals surface area contributed by atoms with E-state index in [1.54, 1.807) is 19.5 Å². The lowest BCUT2D eigenvalue weighted by Crippen LogP contribution is -2.47. The molecule has 0 bridgehead atoms. The maximum atomic E-state index is 5.39. The predicted octanol–water partition coefficient (Wildman–Crippen LogP) is 1.10. The molecule has 3 N–H and O–H groups in total. The van der Waals surface area contributed by atoms with E-state index in [1.165, 1.54) is 5.69 Å². The zero-order chi connectivity index (χ0) is 15.4. The molecule has 0 radical (unpaired) electrons. The highest BCUT2D eigenvalue weighted by atomic mass is 16.5. The Morgan fingerprint density at radius 3 is 2.14 bits per heavy atom. The molecule has 0 unspecified atom stereocenters. The molecule has 3 rings (SSSR count). The van der Waals surface area contributed by atoms with Gasteiger partial charge in [-0.15, -0.1) is 0 Å². The number of nitrogens with two attached hydrogens (primary N) is 1. The average molecular weight is 300 g/mol. The Kier molecular flexibility index (Phi) is 4.24. The van der Waals surface area contributed by atoms with Crippen LogP contribution in [0.4, 0.5) is 17.3 Å². The summed E-state index contributed by atoms with van der Waals surface area (Å²) in [6.07, 6.45) is 3.40. The molecule has 7 heteroatoms. The first-order valence-corrected chi connectivity index (χ1v) is 7.23. The van der Waals surface area contributed by atoms with Crippen molar-refractivity contribution >= 4 is 17.3 Å². The fourth-order valence-electron chi connectivity index (χ4n) is 2.51. The van der Waals surface area contributed by atoms with Crippen LogP contribution in [0.1, 0.15) is 0 Å². The number of nitrogen functional groups attached to an aromatic ring is 1. The molecular formula is C15H20N6O. The van der Waals surface area contributed by atoms with Crippen molar-refractivity contribution in [3.63, 3.8) is 0 Å². The van der Waals surface area contributed by atoms with Crippen molar-refractivity contribution in [3.05, 3.63) is 36.7 Å². The van der Waals surface area contributed by atoms with Crippen molar-refractivity contribution in [1.29, 1.82) is 0 Å². The van der Waals surface area contributed by atoms with E-state index in [-0.39, 0.29) is 0 Å². The number of aromatic nitrogens is 2. The Hall–Kier alpha value is -2.54. The number of methoxy groups -OCH3 is 1. The lowest BCUT2D eigenvalue weighted by atomic mass is 10.2. The summed E-state index contributed by atoms with van der Waals surface area (Å²) in [6, 6.07) is 8.12. The van der Waals surface area contributed by atoms with Gasteiger partial charge in [0.25, 0.3) is 0 Å². The number of ether oxygens (including phenoxy) is 1. The van der Waals surface area contributed by atoms with Crippen LogP contribution in [0, 0.1) is 0 Å². The molecular weight excluding hydrogens is 280 g/mol. The molecule has 0 amide bonds. The van der Waals surface area contributed by atoms with E-state index in [2.05, 4.69) is 37.3 Å². The first kappa shape index (κ1) is 14.4. The van der Waals surface area contributed by atoms with Crippen molar-refractivity contribution < 1.29 is 4.74 Å². The largest absolute Gasteiger partial charge is 0.494 e. The van der Waals surface area contributed by atoms with Gasteiger partial charge < -0.3 is 20.0 Å². The van der Waals surface area contributed by atoms with E-state index < -0.39 is 0 Å². The Morgan fingerprint density at radius 1 is 1.00 bits per heavy atom. The van der Waals surface area contributed by atoms with Gasteiger partial charge in [-0.1, -0.05) is 0 Å². The van der Waals surface area contributed by atoms with Gasteiger partial charge in [-0.3, -0.25) is 5.84 Å². The fraction of sp³-hybridized carbons (Fsp3) is 0.333. The average Bonchev–Trinajstić information content (AvgIpc) is 2.62. The van der Waals surface area contributed by atoms with Gasteiger partial charge in [-0.05, 0) is 24.3 Å². The maximum Gasteiger partial charge on any atom is 0.225 e. The number of rotatable bonds is 4. The van der Waals surface area contributed by atoms with Crippen LogP contribution in [0.2, 0.25) is 0 Å². The van der Waals surface area contributed by atoms with Crippen LogP contribution >= 0.6 is 0 Å². The Morgan fingerprint density at radius 2 is 1.59 bits per heavy atom. The number of piperazine rings is 1. The third-order valence-electron chi connectivity index (χ3n) is 3.81. The van der Waals surface area contributed by atoms with E-state index >= 15 is 0 Å². The molecule has 1 aromatic heterocycles. The number of nitrogens with zero attached hydrogens (tertiary/aromatic N) is 4. The number of hydrogen-bond donors (Lipinski definition) is 2. The molecule has 0 atom stereocenters. The summed E-state index contributed by atoms with van der Waals surface area (Å²) in [4.78, 5) is 13.2. The fourth-order valence-corrected chi connectivity index (χ4v) is 2.51. The van der Waals surface area contributed by atoms with E-state index in [4.69, 9.17) is 10.6 Å². The summed E-state index contributed by atoms with van der Waals surface area (Å²) in [5.74, 6) is 6.82. The molecule has 1 aliphatic heterocycles. The zero-order valence-electron chi connectivity index (χ0n) is 12.6. The summed E-state index contributed by atoms with van der Waals surface area (Å²) < 4.78 is 5.08. The third-order valence-corrected chi connectivity index (χ3v) is 3.81. The van der Waals surface area contributed by atoms with E-state index in [9.17, 15) is 0 Å². The molecule has 0 spiro atoms. The van der Waals surface area contributed by atoms with Gasteiger partial charge >= 0.3 is 0 Å². The second kappa shape index (κ2) is 6.48. The molecule has 116 valence electrons. The molecule has 0 saturated carbocycles. The zero-order valence-corrected chi connectivity index (χ0v) is 12.6. The molecule has 0 aliphatic carbocycles. The van der Waals surface area contributed by atoms with E-state index in [0.717, 1.165) is 37.8 Å². The second-order valence-corrected chi connectivity index (χ2v) is 5.09. The molecule has 2 heterocycles. The van der Waals surface area contributed by atoms with Crippen molar-refractivity contribution in [2.24, 2.45) is 5.84 Å². The smallest absolute Gasteiger partial charge is 0.225 e. The van der Waals surface area contributed by atoms with Crippen LogP contribution in [-0.2, 0) is 0 Å². The minimum atomic E-state index is 0.677. The first-order chi connectivity index (χ1) is 10.8. The van der Waals surface area contributed by atoms with Gasteiger partial charge in [0.15, 0.2) is 5.75 Å². The quantitative estimate of drug-likeness (QED) is 0.646. The Bertz CT molecular complexity index is 537. The summed E-state index contributed by atoms with van der Waals surface area (Å²) in [5, 5.41) is 0. The van der Waals surface area contributed by atoms with Crippen molar-refractivity contribution in [2.45, 2.75) is 0 Å². The molecule has 1 aliphatic rings. The van der Waals surface area contributed by atoms with Gasteiger partial charge in [0.2, 0.25) is 5.95 Å². The number of hydrazine groups is 1. The van der Waals surface area contributed by atoms with Crippen LogP contribution in [0.25, 0.3) is 0 Å². The summed E-state index contributed by atoms with van der Waals surface area (Å²) >= 11 is 0. The second-order valence-electron chi connectivity index (χ2n) is 5.09. The molecule has 7 nitrogen and oxygen atoms in total. The Balaban J connectivity index is 1.61. The van der Waals surface area contributed by atoms with E-state index in [1.807, 2.05) is 12.1 Å². The van der Waals surface area contributed by atoms with Crippen LogP contribution in [0.15, 0.2) is 36.7 Å². The molecule has 22 heavy (non-hydrogen) atoms. The highest BCUT2D eigenvalue weighted by molar-refractivity contribution is 5.55. The van der Waals surface area contributed by atoms with Crippen LogP contribution in [0.5, 0.6) is 5.75 Å². The van der Waals surface area contributed by atoms with Gasteiger partial charge in [-0.2, -0.15) is 0 Å². The van der Waals surface area contributed by atoms with Gasteiger partial charge in [0.05, 0.1) is 19.5 Å². The molecule has 2 aromatic rings. The Labute approximate surface area is 129 Å². The predicted molar refractivity (Wildman–Crippen MR) is 87.3 cm³/mol. The highest BCUT2D eigenvalue weighted by Crippen LogP contribution is 2.20. The molecule has 1 saturated heterocycles. The van der Waals surface area contributed by atoms with Crippen molar-refractivity contribution in [3.8, 4) is 5.75 Å². The lowest BCUT2D eigenvalue weighted by Gasteiger charge is -2.36. The summed E-state index contributed by atoms with van der Waals surface area (Å²) in [7, 11) is 1.61. The molecule has 1 aromatic carbocycles. The van der Waals surface area contributed by atoms with Crippen molar-refractivity contribution in [2.75, 3.05) is 48.5 Å². The monoisotopic (exact) mass is 300 g/mol. The highest BCUT2D eigenvalue weighted by Gasteiger charge is 2.19. The first-order valence-electron chi connectivity index (χ1n) is 7.23. The van der Waals surface area contributed by atoms with Gasteiger partial charge in [0.1, 0.15) is 0 Å². The van der Waals surface area contributed by atoms with Gasteiger partial charge in [-0.25, -0.2) is 9.97 Å². The number of hydrogen-bond acceptors (Lipinski definition) is 7. The van der Waals surface area contributed by atoms with E-state index in [0.29, 0.717) is 5.75 Å². The minimum absolute atomic E-state index is 0.677. The van der Waals surface area contributed by atoms with Crippen LogP contribution in [-0.4, -0.2) is 43.3 Å². The topological polar surface area (TPSA) is 79.5 Å². The summed E-state index contributed by atoms with van der Waals surface area (Å²) in [5.41, 5.74) is 4.76. The number of benzene rings is 1. The third kappa shape index (κ3) is 3.04. The van der Waals surface area contributed by atoms with Crippen molar-refractivity contribution in [1.82, 2.24) is 9.97 Å². The lowest BCUT2D eigenvalue weighted by molar-refractivity contribution is 0.410. The maximum absolute atomic E-state index is 5.39. The van der Waals surface area contributed by atoms with Crippen LogP contribution < -0.4 is 25.8 Å². The summed E-state index contributed by atoms with van der Waals surface area (Å²) in [6.45, 7) is 3.65. The van der Waals surface area contributed by atoms with Gasteiger partial charge in [0, 0.05) is 37.6 Å².